The number of amides is 1. The summed E-state index contributed by atoms with van der Waals surface area (Å²) in [5.41, 5.74) is 0.683. The van der Waals surface area contributed by atoms with Crippen LogP contribution in [0.4, 0.5) is 5.69 Å². The Bertz CT molecular complexity index is 426. The molecule has 2 N–H and O–H groups in total. The van der Waals surface area contributed by atoms with Gasteiger partial charge in [0.25, 0.3) is 0 Å². The highest BCUT2D eigenvalue weighted by molar-refractivity contribution is 5.92. The van der Waals surface area contributed by atoms with E-state index in [0.29, 0.717) is 24.6 Å². The molecular formula is C13H17N3O3. The van der Waals surface area contributed by atoms with Gasteiger partial charge in [-0.3, -0.25) is 4.79 Å². The van der Waals surface area contributed by atoms with Crippen LogP contribution in [0.15, 0.2) is 24.3 Å². The lowest BCUT2D eigenvalue weighted by Crippen LogP contribution is -2.30. The fourth-order valence-electron chi connectivity index (χ4n) is 1.33. The van der Waals surface area contributed by atoms with E-state index >= 15 is 0 Å². The smallest absolute Gasteiger partial charge is 0.238 e. The Morgan fingerprint density at radius 1 is 1.37 bits per heavy atom. The Kier molecular flexibility index (Phi) is 7.02. The first kappa shape index (κ1) is 15.0. The van der Waals surface area contributed by atoms with Gasteiger partial charge < -0.3 is 20.1 Å². The van der Waals surface area contributed by atoms with E-state index in [9.17, 15) is 4.79 Å². The molecule has 0 saturated heterocycles. The van der Waals surface area contributed by atoms with Crippen LogP contribution in [0.2, 0.25) is 0 Å². The van der Waals surface area contributed by atoms with E-state index in [1.54, 1.807) is 31.4 Å². The molecule has 1 aromatic carbocycles. The molecule has 6 nitrogen and oxygen atoms in total. The molecule has 1 aromatic rings. The fraction of sp³-hybridized carbons (Fsp3) is 0.385. The van der Waals surface area contributed by atoms with Crippen LogP contribution in [0.5, 0.6) is 5.75 Å². The van der Waals surface area contributed by atoms with Crippen LogP contribution >= 0.6 is 0 Å². The third-order valence-corrected chi connectivity index (χ3v) is 2.21. The molecule has 0 spiro atoms. The Morgan fingerprint density at radius 3 is 2.74 bits per heavy atom. The first-order valence-electron chi connectivity index (χ1n) is 5.85. The molecule has 0 atom stereocenters. The van der Waals surface area contributed by atoms with Crippen molar-refractivity contribution in [2.75, 3.05) is 38.7 Å². The SMILES string of the molecule is COCCNCC(=O)Nc1ccc(OCC#N)cc1. The zero-order chi connectivity index (χ0) is 13.9. The van der Waals surface area contributed by atoms with Gasteiger partial charge >= 0.3 is 0 Å². The van der Waals surface area contributed by atoms with Crippen molar-refractivity contribution in [3.05, 3.63) is 24.3 Å². The van der Waals surface area contributed by atoms with Crippen LogP contribution in [0.3, 0.4) is 0 Å². The van der Waals surface area contributed by atoms with Crippen LogP contribution < -0.4 is 15.4 Å². The van der Waals surface area contributed by atoms with Crippen LogP contribution in [-0.2, 0) is 9.53 Å². The molecule has 0 aliphatic rings. The predicted molar refractivity (Wildman–Crippen MR) is 70.9 cm³/mol. The number of anilines is 1. The van der Waals surface area contributed by atoms with Gasteiger partial charge in [0.15, 0.2) is 6.61 Å². The summed E-state index contributed by atoms with van der Waals surface area (Å²) in [5, 5.41) is 14.1. The van der Waals surface area contributed by atoms with E-state index in [1.165, 1.54) is 0 Å². The van der Waals surface area contributed by atoms with Crippen molar-refractivity contribution >= 4 is 11.6 Å². The standard InChI is InChI=1S/C13H17N3O3/c1-18-9-7-15-10-13(17)16-11-2-4-12(5-3-11)19-8-6-14/h2-5,15H,7-10H2,1H3,(H,16,17). The third-order valence-electron chi connectivity index (χ3n) is 2.21. The monoisotopic (exact) mass is 263 g/mol. The summed E-state index contributed by atoms with van der Waals surface area (Å²) in [7, 11) is 1.61. The van der Waals surface area contributed by atoms with Crippen LogP contribution in [0.1, 0.15) is 0 Å². The molecule has 0 heterocycles. The number of carbonyl (C=O) groups excluding carboxylic acids is 1. The molecule has 0 aliphatic heterocycles. The van der Waals surface area contributed by atoms with Crippen molar-refractivity contribution in [1.82, 2.24) is 5.32 Å². The second-order valence-electron chi connectivity index (χ2n) is 3.69. The lowest BCUT2D eigenvalue weighted by atomic mass is 10.3. The van der Waals surface area contributed by atoms with Gasteiger partial charge in [-0.2, -0.15) is 5.26 Å². The first-order valence-corrected chi connectivity index (χ1v) is 5.85. The number of nitrogens with zero attached hydrogens (tertiary/aromatic N) is 1. The number of ether oxygens (including phenoxy) is 2. The van der Waals surface area contributed by atoms with E-state index in [0.717, 1.165) is 0 Å². The summed E-state index contributed by atoms with van der Waals surface area (Å²) in [6.45, 7) is 1.44. The molecule has 0 aliphatic carbocycles. The molecule has 0 radical (unpaired) electrons. The number of rotatable bonds is 8. The highest BCUT2D eigenvalue weighted by Crippen LogP contribution is 2.15. The fourth-order valence-corrected chi connectivity index (χ4v) is 1.33. The molecule has 0 fully saturated rings. The van der Waals surface area contributed by atoms with E-state index < -0.39 is 0 Å². The highest BCUT2D eigenvalue weighted by Gasteiger charge is 2.01. The quantitative estimate of drug-likeness (QED) is 0.677. The minimum Gasteiger partial charge on any atom is -0.479 e. The maximum atomic E-state index is 11.5. The second-order valence-corrected chi connectivity index (χ2v) is 3.69. The summed E-state index contributed by atoms with van der Waals surface area (Å²) in [6, 6.07) is 8.73. The van der Waals surface area contributed by atoms with Gasteiger partial charge in [-0.1, -0.05) is 0 Å². The Hall–Kier alpha value is -2.10. The Morgan fingerprint density at radius 2 is 2.11 bits per heavy atom. The van der Waals surface area contributed by atoms with E-state index in [2.05, 4.69) is 10.6 Å². The molecule has 0 bridgehead atoms. The zero-order valence-corrected chi connectivity index (χ0v) is 10.8. The molecule has 0 unspecified atom stereocenters. The van der Waals surface area contributed by atoms with Crippen molar-refractivity contribution in [3.8, 4) is 11.8 Å². The zero-order valence-electron chi connectivity index (χ0n) is 10.8. The summed E-state index contributed by atoms with van der Waals surface area (Å²) in [6.07, 6.45) is 0. The van der Waals surface area contributed by atoms with Gasteiger partial charge in [0.1, 0.15) is 11.8 Å². The number of hydrogen-bond acceptors (Lipinski definition) is 5. The summed E-state index contributed by atoms with van der Waals surface area (Å²) >= 11 is 0. The largest absolute Gasteiger partial charge is 0.479 e. The predicted octanol–water partition coefficient (Wildman–Crippen LogP) is 0.763. The lowest BCUT2D eigenvalue weighted by Gasteiger charge is -2.07. The highest BCUT2D eigenvalue weighted by atomic mass is 16.5. The van der Waals surface area contributed by atoms with Gasteiger partial charge in [0.2, 0.25) is 5.91 Å². The van der Waals surface area contributed by atoms with Crippen molar-refractivity contribution in [2.45, 2.75) is 0 Å². The molecule has 1 rings (SSSR count). The van der Waals surface area contributed by atoms with Crippen LogP contribution in [0, 0.1) is 11.3 Å². The topological polar surface area (TPSA) is 83.4 Å². The molecule has 0 aromatic heterocycles. The molecular weight excluding hydrogens is 246 g/mol. The average Bonchev–Trinajstić information content (AvgIpc) is 2.43. The third kappa shape index (κ3) is 6.41. The number of benzene rings is 1. The van der Waals surface area contributed by atoms with E-state index in [4.69, 9.17) is 14.7 Å². The van der Waals surface area contributed by atoms with Gasteiger partial charge in [-0.15, -0.1) is 0 Å². The normalized spacial score (nSPS) is 9.68. The summed E-state index contributed by atoms with van der Waals surface area (Å²) in [5.74, 6) is 0.472. The summed E-state index contributed by atoms with van der Waals surface area (Å²) < 4.78 is 9.96. The second kappa shape index (κ2) is 8.91. The molecule has 19 heavy (non-hydrogen) atoms. The number of nitriles is 1. The van der Waals surface area contributed by atoms with Crippen molar-refractivity contribution in [3.63, 3.8) is 0 Å². The van der Waals surface area contributed by atoms with E-state index in [1.807, 2.05) is 6.07 Å². The minimum absolute atomic E-state index is 0.00905. The van der Waals surface area contributed by atoms with Gasteiger partial charge in [0, 0.05) is 19.3 Å². The number of hydrogen-bond donors (Lipinski definition) is 2. The average molecular weight is 263 g/mol. The van der Waals surface area contributed by atoms with Crippen LogP contribution in [0.25, 0.3) is 0 Å². The number of nitrogens with one attached hydrogen (secondary N) is 2. The molecule has 1 amide bonds. The van der Waals surface area contributed by atoms with E-state index in [-0.39, 0.29) is 19.1 Å². The van der Waals surface area contributed by atoms with Crippen molar-refractivity contribution < 1.29 is 14.3 Å². The van der Waals surface area contributed by atoms with Gasteiger partial charge in [-0.05, 0) is 24.3 Å². The minimum atomic E-state index is -0.123. The van der Waals surface area contributed by atoms with Crippen LogP contribution in [-0.4, -0.2) is 39.3 Å². The Labute approximate surface area is 112 Å². The van der Waals surface area contributed by atoms with Crippen molar-refractivity contribution in [1.29, 1.82) is 5.26 Å². The van der Waals surface area contributed by atoms with Crippen molar-refractivity contribution in [2.24, 2.45) is 0 Å². The maximum Gasteiger partial charge on any atom is 0.238 e. The lowest BCUT2D eigenvalue weighted by molar-refractivity contribution is -0.115. The van der Waals surface area contributed by atoms with Gasteiger partial charge in [-0.25, -0.2) is 0 Å². The Balaban J connectivity index is 2.32. The maximum absolute atomic E-state index is 11.5. The molecule has 0 saturated carbocycles. The number of carbonyl (C=O) groups is 1. The molecule has 102 valence electrons. The summed E-state index contributed by atoms with van der Waals surface area (Å²) in [4.78, 5) is 11.5. The molecule has 6 heteroatoms. The first-order chi connectivity index (χ1) is 9.26. The van der Waals surface area contributed by atoms with Gasteiger partial charge in [0.05, 0.1) is 13.2 Å². The number of methoxy groups -OCH3 is 1.